The lowest BCUT2D eigenvalue weighted by molar-refractivity contribution is -0.135. The number of sulfone groups is 1. The van der Waals surface area contributed by atoms with Crippen LogP contribution < -0.4 is 5.32 Å². The van der Waals surface area contributed by atoms with Crippen molar-refractivity contribution in [2.75, 3.05) is 18.1 Å². The second kappa shape index (κ2) is 7.20. The Labute approximate surface area is 101 Å². The molecule has 0 saturated carbocycles. The monoisotopic (exact) mass is 275 g/mol. The van der Waals surface area contributed by atoms with E-state index in [2.05, 4.69) is 5.32 Å². The first kappa shape index (κ1) is 16.7. The highest BCUT2D eigenvalue weighted by molar-refractivity contribution is 7.91. The van der Waals surface area contributed by atoms with Crippen LogP contribution in [-0.2, 0) is 9.84 Å². The molecule has 0 amide bonds. The van der Waals surface area contributed by atoms with Crippen LogP contribution in [0.25, 0.3) is 0 Å². The number of nitrogens with one attached hydrogen (secondary N) is 1. The molecule has 17 heavy (non-hydrogen) atoms. The zero-order valence-corrected chi connectivity index (χ0v) is 11.0. The fourth-order valence-corrected chi connectivity index (χ4v) is 2.47. The predicted octanol–water partition coefficient (Wildman–Crippen LogP) is 2.13. The smallest absolute Gasteiger partial charge is 0.313 e. The van der Waals surface area contributed by atoms with E-state index >= 15 is 0 Å². The summed E-state index contributed by atoms with van der Waals surface area (Å²) in [6.45, 7) is 3.71. The number of rotatable bonds is 8. The molecule has 0 aliphatic heterocycles. The molecule has 104 valence electrons. The van der Waals surface area contributed by atoms with Gasteiger partial charge in [0.05, 0.1) is 5.75 Å². The molecule has 0 aromatic carbocycles. The fraction of sp³-hybridized carbons (Fsp3) is 1.00. The van der Waals surface area contributed by atoms with Crippen LogP contribution in [0.2, 0.25) is 0 Å². The van der Waals surface area contributed by atoms with Crippen LogP contribution in [0.15, 0.2) is 0 Å². The molecule has 0 aliphatic carbocycles. The number of hydrogen-bond donors (Lipinski definition) is 1. The lowest BCUT2D eigenvalue weighted by Crippen LogP contribution is -2.34. The minimum absolute atomic E-state index is 0.0305. The first-order valence-electron chi connectivity index (χ1n) is 5.67. The minimum atomic E-state index is -4.10. The van der Waals surface area contributed by atoms with Gasteiger partial charge in [0.2, 0.25) is 0 Å². The molecule has 1 N–H and O–H groups in total. The SMILES string of the molecule is CCS(=O)(=O)CC(C)NCCCCC(F)(F)F. The van der Waals surface area contributed by atoms with Gasteiger partial charge < -0.3 is 5.32 Å². The first-order valence-corrected chi connectivity index (χ1v) is 7.49. The minimum Gasteiger partial charge on any atom is -0.313 e. The molecule has 1 atom stereocenters. The standard InChI is InChI=1S/C10H20F3NO2S/c1-3-17(15,16)8-9(2)14-7-5-4-6-10(11,12)13/h9,14H,3-8H2,1-2H3. The zero-order chi connectivity index (χ0) is 13.5. The van der Waals surface area contributed by atoms with Crippen LogP contribution >= 0.6 is 0 Å². The summed E-state index contributed by atoms with van der Waals surface area (Å²) < 4.78 is 57.9. The maximum absolute atomic E-state index is 11.8. The molecule has 0 aromatic heterocycles. The van der Waals surface area contributed by atoms with Crippen molar-refractivity contribution in [1.82, 2.24) is 5.32 Å². The predicted molar refractivity (Wildman–Crippen MR) is 61.7 cm³/mol. The third kappa shape index (κ3) is 10.6. The van der Waals surface area contributed by atoms with E-state index in [0.717, 1.165) is 0 Å². The van der Waals surface area contributed by atoms with Crippen molar-refractivity contribution in [3.8, 4) is 0 Å². The lowest BCUT2D eigenvalue weighted by atomic mass is 10.2. The number of unbranched alkanes of at least 4 members (excludes halogenated alkanes) is 1. The van der Waals surface area contributed by atoms with Crippen molar-refractivity contribution in [2.24, 2.45) is 0 Å². The van der Waals surface area contributed by atoms with Gasteiger partial charge >= 0.3 is 6.18 Å². The van der Waals surface area contributed by atoms with Gasteiger partial charge in [-0.15, -0.1) is 0 Å². The summed E-state index contributed by atoms with van der Waals surface area (Å²) in [5.41, 5.74) is 0. The summed E-state index contributed by atoms with van der Waals surface area (Å²) in [5, 5.41) is 2.91. The Kier molecular flexibility index (Phi) is 7.08. The van der Waals surface area contributed by atoms with E-state index in [1.807, 2.05) is 0 Å². The Bertz CT molecular complexity index is 301. The average Bonchev–Trinajstić information content (AvgIpc) is 2.14. The highest BCUT2D eigenvalue weighted by Gasteiger charge is 2.25. The van der Waals surface area contributed by atoms with E-state index in [1.165, 1.54) is 0 Å². The molecule has 7 heteroatoms. The largest absolute Gasteiger partial charge is 0.389 e. The summed E-state index contributed by atoms with van der Waals surface area (Å²) in [4.78, 5) is 0. The van der Waals surface area contributed by atoms with E-state index < -0.39 is 22.4 Å². The van der Waals surface area contributed by atoms with Gasteiger partial charge in [-0.3, -0.25) is 0 Å². The molecule has 0 fully saturated rings. The molecular weight excluding hydrogens is 255 g/mol. The molecule has 0 heterocycles. The quantitative estimate of drug-likeness (QED) is 0.690. The normalized spacial score (nSPS) is 14.9. The first-order chi connectivity index (χ1) is 7.66. The highest BCUT2D eigenvalue weighted by Crippen LogP contribution is 2.21. The Morgan fingerprint density at radius 3 is 2.29 bits per heavy atom. The van der Waals surface area contributed by atoms with E-state index in [9.17, 15) is 21.6 Å². The Morgan fingerprint density at radius 1 is 1.24 bits per heavy atom. The van der Waals surface area contributed by atoms with Gasteiger partial charge in [0.25, 0.3) is 0 Å². The van der Waals surface area contributed by atoms with Crippen LogP contribution in [0.4, 0.5) is 13.2 Å². The van der Waals surface area contributed by atoms with Crippen LogP contribution in [0, 0.1) is 0 Å². The van der Waals surface area contributed by atoms with Crippen molar-refractivity contribution in [1.29, 1.82) is 0 Å². The maximum atomic E-state index is 11.8. The van der Waals surface area contributed by atoms with Gasteiger partial charge in [0.15, 0.2) is 9.84 Å². The summed E-state index contributed by atoms with van der Waals surface area (Å²) in [7, 11) is -3.03. The Morgan fingerprint density at radius 2 is 1.82 bits per heavy atom. The van der Waals surface area contributed by atoms with Crippen LogP contribution in [0.1, 0.15) is 33.1 Å². The van der Waals surface area contributed by atoms with E-state index in [1.54, 1.807) is 13.8 Å². The zero-order valence-electron chi connectivity index (χ0n) is 10.2. The van der Waals surface area contributed by atoms with E-state index in [0.29, 0.717) is 13.0 Å². The molecule has 0 saturated heterocycles. The van der Waals surface area contributed by atoms with Crippen LogP contribution in [0.5, 0.6) is 0 Å². The van der Waals surface area contributed by atoms with Crippen LogP contribution in [0.3, 0.4) is 0 Å². The van der Waals surface area contributed by atoms with Crippen LogP contribution in [-0.4, -0.2) is 38.7 Å². The van der Waals surface area contributed by atoms with E-state index in [4.69, 9.17) is 0 Å². The molecule has 1 unspecified atom stereocenters. The van der Waals surface area contributed by atoms with Crippen molar-refractivity contribution in [3.05, 3.63) is 0 Å². The van der Waals surface area contributed by atoms with Gasteiger partial charge in [-0.1, -0.05) is 6.92 Å². The third-order valence-corrected chi connectivity index (χ3v) is 4.21. The molecular formula is C10H20F3NO2S. The molecule has 0 aromatic rings. The van der Waals surface area contributed by atoms with Gasteiger partial charge in [-0.25, -0.2) is 8.42 Å². The molecule has 0 rings (SSSR count). The second-order valence-corrected chi connectivity index (χ2v) is 6.52. The summed E-state index contributed by atoms with van der Waals surface area (Å²) >= 11 is 0. The molecule has 0 spiro atoms. The topological polar surface area (TPSA) is 46.2 Å². The van der Waals surface area contributed by atoms with Crippen molar-refractivity contribution in [2.45, 2.75) is 45.3 Å². The average molecular weight is 275 g/mol. The van der Waals surface area contributed by atoms with Crippen molar-refractivity contribution in [3.63, 3.8) is 0 Å². The lowest BCUT2D eigenvalue weighted by Gasteiger charge is -2.13. The summed E-state index contributed by atoms with van der Waals surface area (Å²) in [6.07, 6.45) is -4.41. The number of halogens is 3. The number of alkyl halides is 3. The highest BCUT2D eigenvalue weighted by atomic mass is 32.2. The molecule has 3 nitrogen and oxygen atoms in total. The van der Waals surface area contributed by atoms with Crippen molar-refractivity contribution >= 4 is 9.84 Å². The number of hydrogen-bond acceptors (Lipinski definition) is 3. The fourth-order valence-electron chi connectivity index (χ4n) is 1.36. The van der Waals surface area contributed by atoms with E-state index in [-0.39, 0.29) is 24.0 Å². The summed E-state index contributed by atoms with van der Waals surface area (Å²) in [6, 6.07) is -0.217. The van der Waals surface area contributed by atoms with Gasteiger partial charge in [-0.2, -0.15) is 13.2 Å². The van der Waals surface area contributed by atoms with Gasteiger partial charge in [0, 0.05) is 18.2 Å². The van der Waals surface area contributed by atoms with Crippen molar-refractivity contribution < 1.29 is 21.6 Å². The second-order valence-electron chi connectivity index (χ2n) is 4.13. The third-order valence-electron chi connectivity index (χ3n) is 2.32. The molecule has 0 radical (unpaired) electrons. The molecule has 0 aliphatic rings. The summed E-state index contributed by atoms with van der Waals surface area (Å²) in [5.74, 6) is 0.121. The van der Waals surface area contributed by atoms with Gasteiger partial charge in [-0.05, 0) is 26.3 Å². The Balaban J connectivity index is 3.63. The maximum Gasteiger partial charge on any atom is 0.389 e. The molecule has 0 bridgehead atoms. The van der Waals surface area contributed by atoms with Gasteiger partial charge in [0.1, 0.15) is 0 Å². The Hall–Kier alpha value is -0.300.